The normalized spacial score (nSPS) is 18.0. The van der Waals surface area contributed by atoms with Crippen molar-refractivity contribution in [3.8, 4) is 5.75 Å². The standard InChI is InChI=1S/C18H18ClN3O2/c19-14-3-4-16-17(10-14)24-18(21-16)22-9-1-2-13(11-22)12-23-15-5-7-20-8-6-15/h3-8,10,13H,1-2,9,11-12H2. The van der Waals surface area contributed by atoms with Crippen LogP contribution in [0.5, 0.6) is 5.75 Å². The van der Waals surface area contributed by atoms with E-state index < -0.39 is 0 Å². The molecule has 1 saturated heterocycles. The first-order valence-corrected chi connectivity index (χ1v) is 8.49. The van der Waals surface area contributed by atoms with Crippen LogP contribution in [0.1, 0.15) is 12.8 Å². The monoisotopic (exact) mass is 343 g/mol. The van der Waals surface area contributed by atoms with Crippen molar-refractivity contribution in [3.05, 3.63) is 47.7 Å². The summed E-state index contributed by atoms with van der Waals surface area (Å²) in [5.41, 5.74) is 1.57. The van der Waals surface area contributed by atoms with Gasteiger partial charge in [-0.2, -0.15) is 4.98 Å². The van der Waals surface area contributed by atoms with Gasteiger partial charge in [0.1, 0.15) is 11.3 Å². The van der Waals surface area contributed by atoms with Gasteiger partial charge in [0, 0.05) is 42.5 Å². The van der Waals surface area contributed by atoms with E-state index in [9.17, 15) is 0 Å². The number of aromatic nitrogens is 2. The summed E-state index contributed by atoms with van der Waals surface area (Å²) < 4.78 is 11.7. The molecule has 1 aromatic carbocycles. The topological polar surface area (TPSA) is 51.4 Å². The van der Waals surface area contributed by atoms with Gasteiger partial charge in [0.05, 0.1) is 6.61 Å². The van der Waals surface area contributed by atoms with Crippen LogP contribution in [0.3, 0.4) is 0 Å². The number of fused-ring (bicyclic) bond motifs is 1. The molecule has 124 valence electrons. The Bertz CT molecular complexity index is 822. The lowest BCUT2D eigenvalue weighted by atomic mass is 9.99. The molecule has 5 nitrogen and oxygen atoms in total. The third-order valence-electron chi connectivity index (χ3n) is 4.26. The molecule has 1 aliphatic rings. The summed E-state index contributed by atoms with van der Waals surface area (Å²) in [5, 5.41) is 0.660. The summed E-state index contributed by atoms with van der Waals surface area (Å²) in [4.78, 5) is 10.8. The summed E-state index contributed by atoms with van der Waals surface area (Å²) in [6, 6.07) is 9.95. The second-order valence-corrected chi connectivity index (χ2v) is 6.49. The van der Waals surface area contributed by atoms with Crippen molar-refractivity contribution < 1.29 is 9.15 Å². The maximum absolute atomic E-state index is 6.01. The quantitative estimate of drug-likeness (QED) is 0.711. The predicted molar refractivity (Wildman–Crippen MR) is 93.7 cm³/mol. The van der Waals surface area contributed by atoms with E-state index in [0.717, 1.165) is 42.8 Å². The minimum absolute atomic E-state index is 0.450. The number of hydrogen-bond acceptors (Lipinski definition) is 5. The van der Waals surface area contributed by atoms with E-state index in [1.807, 2.05) is 24.3 Å². The molecular formula is C18H18ClN3O2. The largest absolute Gasteiger partial charge is 0.493 e. The lowest BCUT2D eigenvalue weighted by Crippen LogP contribution is -2.37. The Morgan fingerprint density at radius 2 is 2.12 bits per heavy atom. The van der Waals surface area contributed by atoms with Gasteiger partial charge >= 0.3 is 0 Å². The summed E-state index contributed by atoms with van der Waals surface area (Å²) in [5.74, 6) is 1.31. The second kappa shape index (κ2) is 6.69. The van der Waals surface area contributed by atoms with Crippen molar-refractivity contribution in [3.63, 3.8) is 0 Å². The maximum atomic E-state index is 6.01. The first-order valence-electron chi connectivity index (χ1n) is 8.12. The fourth-order valence-electron chi connectivity index (χ4n) is 3.04. The van der Waals surface area contributed by atoms with Gasteiger partial charge < -0.3 is 14.1 Å². The minimum Gasteiger partial charge on any atom is -0.493 e. The molecule has 2 aromatic heterocycles. The zero-order chi connectivity index (χ0) is 16.4. The smallest absolute Gasteiger partial charge is 0.298 e. The lowest BCUT2D eigenvalue weighted by molar-refractivity contribution is 0.226. The molecule has 0 saturated carbocycles. The Morgan fingerprint density at radius 1 is 1.25 bits per heavy atom. The van der Waals surface area contributed by atoms with Gasteiger partial charge in [-0.15, -0.1) is 0 Å². The molecule has 6 heteroatoms. The molecule has 1 fully saturated rings. The summed E-state index contributed by atoms with van der Waals surface area (Å²) >= 11 is 6.01. The van der Waals surface area contributed by atoms with E-state index in [-0.39, 0.29) is 0 Å². The van der Waals surface area contributed by atoms with Gasteiger partial charge in [-0.3, -0.25) is 4.98 Å². The average molecular weight is 344 g/mol. The van der Waals surface area contributed by atoms with Crippen LogP contribution >= 0.6 is 11.6 Å². The highest BCUT2D eigenvalue weighted by Crippen LogP contribution is 2.28. The molecule has 1 aliphatic heterocycles. The molecule has 1 atom stereocenters. The van der Waals surface area contributed by atoms with Gasteiger partial charge in [0.2, 0.25) is 0 Å². The number of rotatable bonds is 4. The number of oxazole rings is 1. The number of anilines is 1. The third-order valence-corrected chi connectivity index (χ3v) is 4.50. The van der Waals surface area contributed by atoms with Crippen LogP contribution in [0.25, 0.3) is 11.1 Å². The molecule has 0 bridgehead atoms. The summed E-state index contributed by atoms with van der Waals surface area (Å²) in [7, 11) is 0. The average Bonchev–Trinajstić information content (AvgIpc) is 3.04. The third kappa shape index (κ3) is 3.31. The van der Waals surface area contributed by atoms with Gasteiger partial charge in [-0.05, 0) is 37.1 Å². The summed E-state index contributed by atoms with van der Waals surface area (Å²) in [6.45, 7) is 2.52. The highest BCUT2D eigenvalue weighted by molar-refractivity contribution is 6.31. The van der Waals surface area contributed by atoms with Crippen LogP contribution in [0, 0.1) is 5.92 Å². The number of nitrogens with zero attached hydrogens (tertiary/aromatic N) is 3. The first kappa shape index (κ1) is 15.3. The van der Waals surface area contributed by atoms with E-state index in [1.165, 1.54) is 0 Å². The lowest BCUT2D eigenvalue weighted by Gasteiger charge is -2.31. The number of piperidine rings is 1. The number of ether oxygens (including phenoxy) is 1. The molecule has 0 N–H and O–H groups in total. The molecule has 0 spiro atoms. The number of benzene rings is 1. The Labute approximate surface area is 145 Å². The zero-order valence-electron chi connectivity index (χ0n) is 13.2. The van der Waals surface area contributed by atoms with Gasteiger partial charge in [0.15, 0.2) is 5.58 Å². The summed E-state index contributed by atoms with van der Waals surface area (Å²) in [6.07, 6.45) is 5.73. The van der Waals surface area contributed by atoms with Crippen LogP contribution in [0.15, 0.2) is 47.1 Å². The van der Waals surface area contributed by atoms with E-state index in [1.54, 1.807) is 18.5 Å². The molecule has 0 amide bonds. The zero-order valence-corrected chi connectivity index (χ0v) is 13.9. The fourth-order valence-corrected chi connectivity index (χ4v) is 3.21. The van der Waals surface area contributed by atoms with Gasteiger partial charge in [-0.1, -0.05) is 11.6 Å². The second-order valence-electron chi connectivity index (χ2n) is 6.06. The minimum atomic E-state index is 0.450. The fraction of sp³-hybridized carbons (Fsp3) is 0.333. The highest BCUT2D eigenvalue weighted by atomic mass is 35.5. The molecular weight excluding hydrogens is 326 g/mol. The van der Waals surface area contributed by atoms with Crippen LogP contribution < -0.4 is 9.64 Å². The van der Waals surface area contributed by atoms with Crippen molar-refractivity contribution in [1.29, 1.82) is 0 Å². The molecule has 3 aromatic rings. The Morgan fingerprint density at radius 3 is 3.00 bits per heavy atom. The number of halogens is 1. The van der Waals surface area contributed by atoms with E-state index in [0.29, 0.717) is 23.6 Å². The van der Waals surface area contributed by atoms with Crippen molar-refractivity contribution in [2.75, 3.05) is 24.6 Å². The maximum Gasteiger partial charge on any atom is 0.298 e. The van der Waals surface area contributed by atoms with Crippen LogP contribution in [-0.4, -0.2) is 29.7 Å². The van der Waals surface area contributed by atoms with Gasteiger partial charge in [0.25, 0.3) is 6.01 Å². The molecule has 0 radical (unpaired) electrons. The van der Waals surface area contributed by atoms with Crippen molar-refractivity contribution >= 4 is 28.7 Å². The Balaban J connectivity index is 1.43. The van der Waals surface area contributed by atoms with Crippen molar-refractivity contribution in [2.45, 2.75) is 12.8 Å². The molecule has 4 rings (SSSR count). The first-order chi connectivity index (χ1) is 11.8. The van der Waals surface area contributed by atoms with E-state index >= 15 is 0 Å². The van der Waals surface area contributed by atoms with Gasteiger partial charge in [-0.25, -0.2) is 0 Å². The number of pyridine rings is 1. The van der Waals surface area contributed by atoms with E-state index in [4.69, 9.17) is 20.8 Å². The number of hydrogen-bond donors (Lipinski definition) is 0. The van der Waals surface area contributed by atoms with Crippen molar-refractivity contribution in [1.82, 2.24) is 9.97 Å². The highest BCUT2D eigenvalue weighted by Gasteiger charge is 2.24. The van der Waals surface area contributed by atoms with Crippen LogP contribution in [-0.2, 0) is 0 Å². The Hall–Kier alpha value is -2.27. The SMILES string of the molecule is Clc1ccc2nc(N3CCCC(COc4ccncc4)C3)oc2c1. The van der Waals surface area contributed by atoms with Crippen molar-refractivity contribution in [2.24, 2.45) is 5.92 Å². The molecule has 0 aliphatic carbocycles. The van der Waals surface area contributed by atoms with Crippen LogP contribution in [0.2, 0.25) is 5.02 Å². The predicted octanol–water partition coefficient (Wildman–Crippen LogP) is 4.17. The molecule has 24 heavy (non-hydrogen) atoms. The molecule has 1 unspecified atom stereocenters. The molecule has 3 heterocycles. The van der Waals surface area contributed by atoms with E-state index in [2.05, 4.69) is 14.9 Å². The van der Waals surface area contributed by atoms with Crippen LogP contribution in [0.4, 0.5) is 6.01 Å². The Kier molecular flexibility index (Phi) is 4.26.